The summed E-state index contributed by atoms with van der Waals surface area (Å²) in [4.78, 5) is 6.68. The van der Waals surface area contributed by atoms with Gasteiger partial charge in [0.05, 0.1) is 5.69 Å². The molecule has 2 rings (SSSR count). The van der Waals surface area contributed by atoms with E-state index in [9.17, 15) is 0 Å². The van der Waals surface area contributed by atoms with Crippen molar-refractivity contribution in [3.63, 3.8) is 0 Å². The fraction of sp³-hybridized carbons (Fsp3) is 0.200. The van der Waals surface area contributed by atoms with Gasteiger partial charge in [-0.15, -0.1) is 0 Å². The van der Waals surface area contributed by atoms with Crippen LogP contribution in [-0.4, -0.2) is 21.9 Å². The summed E-state index contributed by atoms with van der Waals surface area (Å²) in [5, 5.41) is 0.756. The molecule has 0 atom stereocenters. The van der Waals surface area contributed by atoms with Crippen molar-refractivity contribution in [2.24, 2.45) is 5.73 Å². The van der Waals surface area contributed by atoms with E-state index in [1.165, 1.54) is 5.56 Å². The third-order valence-corrected chi connectivity index (χ3v) is 3.36. The minimum Gasteiger partial charge on any atom is -0.388 e. The van der Waals surface area contributed by atoms with Gasteiger partial charge in [0.2, 0.25) is 0 Å². The molecule has 0 aliphatic heterocycles. The molecule has 104 valence electrons. The average Bonchev–Trinajstić information content (AvgIpc) is 2.41. The van der Waals surface area contributed by atoms with E-state index < -0.39 is 0 Å². The predicted octanol–water partition coefficient (Wildman–Crippen LogP) is 3.00. The monoisotopic (exact) mass is 305 g/mol. The molecule has 0 amide bonds. The van der Waals surface area contributed by atoms with Gasteiger partial charge in [0.1, 0.15) is 4.99 Å². The van der Waals surface area contributed by atoms with Gasteiger partial charge in [-0.2, -0.15) is 0 Å². The SMILES string of the molecule is CN(Cc1ccc(Cl)cc1)Cc1ccnc(C(N)=S)c1. The Morgan fingerprint density at radius 2 is 1.85 bits per heavy atom. The van der Waals surface area contributed by atoms with Crippen LogP contribution in [0.15, 0.2) is 42.6 Å². The Labute approximate surface area is 129 Å². The number of aromatic nitrogens is 1. The molecule has 0 bridgehead atoms. The van der Waals surface area contributed by atoms with E-state index in [1.807, 2.05) is 36.4 Å². The maximum Gasteiger partial charge on any atom is 0.122 e. The summed E-state index contributed by atoms with van der Waals surface area (Å²) in [5.41, 5.74) is 8.62. The molecule has 0 saturated heterocycles. The van der Waals surface area contributed by atoms with Crippen LogP contribution in [0.3, 0.4) is 0 Å². The Morgan fingerprint density at radius 3 is 2.50 bits per heavy atom. The van der Waals surface area contributed by atoms with Crippen molar-refractivity contribution in [1.82, 2.24) is 9.88 Å². The third-order valence-electron chi connectivity index (χ3n) is 2.90. The zero-order chi connectivity index (χ0) is 14.5. The Morgan fingerprint density at radius 1 is 1.20 bits per heavy atom. The van der Waals surface area contributed by atoms with Gasteiger partial charge < -0.3 is 5.73 Å². The molecule has 3 nitrogen and oxygen atoms in total. The van der Waals surface area contributed by atoms with Crippen LogP contribution in [0.1, 0.15) is 16.8 Å². The normalized spacial score (nSPS) is 10.8. The maximum absolute atomic E-state index is 5.88. The average molecular weight is 306 g/mol. The van der Waals surface area contributed by atoms with Crippen molar-refractivity contribution in [2.75, 3.05) is 7.05 Å². The highest BCUT2D eigenvalue weighted by molar-refractivity contribution is 7.80. The summed E-state index contributed by atoms with van der Waals surface area (Å²) in [5.74, 6) is 0. The van der Waals surface area contributed by atoms with Gasteiger partial charge >= 0.3 is 0 Å². The Bertz CT molecular complexity index is 598. The number of nitrogens with two attached hydrogens (primary N) is 1. The van der Waals surface area contributed by atoms with Crippen molar-refractivity contribution in [1.29, 1.82) is 0 Å². The van der Waals surface area contributed by atoms with Gasteiger partial charge in [-0.05, 0) is 42.4 Å². The molecule has 20 heavy (non-hydrogen) atoms. The lowest BCUT2D eigenvalue weighted by molar-refractivity contribution is 0.319. The van der Waals surface area contributed by atoms with Crippen molar-refractivity contribution in [3.05, 3.63) is 64.4 Å². The first kappa shape index (κ1) is 14.9. The largest absolute Gasteiger partial charge is 0.388 e. The fourth-order valence-electron chi connectivity index (χ4n) is 1.98. The number of rotatable bonds is 5. The van der Waals surface area contributed by atoms with Crippen molar-refractivity contribution in [3.8, 4) is 0 Å². The topological polar surface area (TPSA) is 42.2 Å². The van der Waals surface area contributed by atoms with Crippen LogP contribution in [-0.2, 0) is 13.1 Å². The lowest BCUT2D eigenvalue weighted by atomic mass is 10.2. The van der Waals surface area contributed by atoms with Crippen LogP contribution in [0.2, 0.25) is 5.02 Å². The lowest BCUT2D eigenvalue weighted by Crippen LogP contribution is -2.18. The molecule has 2 N–H and O–H groups in total. The highest BCUT2D eigenvalue weighted by Crippen LogP contribution is 2.12. The molecule has 0 aliphatic rings. The standard InChI is InChI=1S/C15H16ClN3S/c1-19(9-11-2-4-13(16)5-3-11)10-12-6-7-18-14(8-12)15(17)20/h2-8H,9-10H2,1H3,(H2,17,20). The highest BCUT2D eigenvalue weighted by Gasteiger charge is 2.04. The molecular formula is C15H16ClN3S. The van der Waals surface area contributed by atoms with Gasteiger partial charge in [-0.1, -0.05) is 36.0 Å². The Balaban J connectivity index is 2.00. The number of hydrogen-bond donors (Lipinski definition) is 1. The molecule has 0 saturated carbocycles. The molecule has 1 aromatic heterocycles. The third kappa shape index (κ3) is 4.27. The fourth-order valence-corrected chi connectivity index (χ4v) is 2.21. The molecule has 0 aliphatic carbocycles. The van der Waals surface area contributed by atoms with E-state index in [0.717, 1.165) is 23.7 Å². The summed E-state index contributed by atoms with van der Waals surface area (Å²) in [6.45, 7) is 1.66. The van der Waals surface area contributed by atoms with Gasteiger partial charge in [0.15, 0.2) is 0 Å². The van der Waals surface area contributed by atoms with E-state index in [2.05, 4.69) is 16.9 Å². The molecule has 5 heteroatoms. The molecule has 0 unspecified atom stereocenters. The van der Waals surface area contributed by atoms with E-state index in [-0.39, 0.29) is 0 Å². The summed E-state index contributed by atoms with van der Waals surface area (Å²) in [6.07, 6.45) is 1.74. The van der Waals surface area contributed by atoms with Crippen molar-refractivity contribution >= 4 is 28.8 Å². The summed E-state index contributed by atoms with van der Waals surface area (Å²) in [6, 6.07) is 11.8. The summed E-state index contributed by atoms with van der Waals surface area (Å²) < 4.78 is 0. The molecule has 0 fully saturated rings. The molecule has 2 aromatic rings. The highest BCUT2D eigenvalue weighted by atomic mass is 35.5. The Hall–Kier alpha value is -1.49. The van der Waals surface area contributed by atoms with Crippen LogP contribution in [0, 0.1) is 0 Å². The summed E-state index contributed by atoms with van der Waals surface area (Å²) in [7, 11) is 2.06. The molecule has 0 radical (unpaired) electrons. The first-order valence-electron chi connectivity index (χ1n) is 6.22. The number of halogens is 1. The number of thiocarbonyl (C=S) groups is 1. The molecule has 1 heterocycles. The van der Waals surface area contributed by atoms with Crippen LogP contribution in [0.4, 0.5) is 0 Å². The van der Waals surface area contributed by atoms with Gasteiger partial charge in [-0.3, -0.25) is 9.88 Å². The van der Waals surface area contributed by atoms with Crippen molar-refractivity contribution < 1.29 is 0 Å². The van der Waals surface area contributed by atoms with Gasteiger partial charge in [0, 0.05) is 24.3 Å². The van der Waals surface area contributed by atoms with E-state index in [1.54, 1.807) is 6.20 Å². The molecule has 0 spiro atoms. The minimum absolute atomic E-state index is 0.326. The quantitative estimate of drug-likeness (QED) is 0.862. The Kier molecular flexibility index (Phi) is 5.06. The van der Waals surface area contributed by atoms with Gasteiger partial charge in [0.25, 0.3) is 0 Å². The van der Waals surface area contributed by atoms with Crippen LogP contribution in [0.5, 0.6) is 0 Å². The minimum atomic E-state index is 0.326. The molecule has 1 aromatic carbocycles. The second kappa shape index (κ2) is 6.79. The smallest absolute Gasteiger partial charge is 0.122 e. The van der Waals surface area contributed by atoms with Crippen LogP contribution < -0.4 is 5.73 Å². The second-order valence-electron chi connectivity index (χ2n) is 4.71. The van der Waals surface area contributed by atoms with Crippen LogP contribution in [0.25, 0.3) is 0 Å². The predicted molar refractivity (Wildman–Crippen MR) is 86.7 cm³/mol. The number of pyridine rings is 1. The summed E-state index contributed by atoms with van der Waals surface area (Å²) >= 11 is 10.8. The first-order chi connectivity index (χ1) is 9.54. The van der Waals surface area contributed by atoms with E-state index in [0.29, 0.717) is 10.7 Å². The lowest BCUT2D eigenvalue weighted by Gasteiger charge is -2.17. The van der Waals surface area contributed by atoms with Crippen LogP contribution >= 0.6 is 23.8 Å². The zero-order valence-corrected chi connectivity index (χ0v) is 12.8. The van der Waals surface area contributed by atoms with Crippen molar-refractivity contribution in [2.45, 2.75) is 13.1 Å². The number of nitrogens with zero attached hydrogens (tertiary/aromatic N) is 2. The maximum atomic E-state index is 5.88. The van der Waals surface area contributed by atoms with E-state index >= 15 is 0 Å². The second-order valence-corrected chi connectivity index (χ2v) is 5.59. The number of hydrogen-bond acceptors (Lipinski definition) is 3. The zero-order valence-electron chi connectivity index (χ0n) is 11.2. The first-order valence-corrected chi connectivity index (χ1v) is 7.01. The number of benzene rings is 1. The van der Waals surface area contributed by atoms with E-state index in [4.69, 9.17) is 29.6 Å². The van der Waals surface area contributed by atoms with Gasteiger partial charge in [-0.25, -0.2) is 0 Å². The molecular weight excluding hydrogens is 290 g/mol.